The van der Waals surface area contributed by atoms with E-state index in [4.69, 9.17) is 0 Å². The van der Waals surface area contributed by atoms with Crippen LogP contribution in [0.15, 0.2) is 52.3 Å². The van der Waals surface area contributed by atoms with Crippen LogP contribution in [0.25, 0.3) is 0 Å². The van der Waals surface area contributed by atoms with Gasteiger partial charge in [0, 0.05) is 34.6 Å². The van der Waals surface area contributed by atoms with E-state index in [1.807, 2.05) is 49.4 Å². The van der Waals surface area contributed by atoms with Crippen LogP contribution in [0.3, 0.4) is 0 Å². The van der Waals surface area contributed by atoms with Crippen molar-refractivity contribution >= 4 is 35.1 Å². The number of fused-ring (bicyclic) bond motifs is 2. The summed E-state index contributed by atoms with van der Waals surface area (Å²) in [5, 5.41) is 5.93. The average molecular weight is 425 g/mol. The molecule has 2 aromatic rings. The minimum atomic E-state index is -0.211. The van der Waals surface area contributed by atoms with E-state index in [0.29, 0.717) is 30.4 Å². The van der Waals surface area contributed by atoms with E-state index in [1.54, 1.807) is 16.7 Å². The van der Waals surface area contributed by atoms with Crippen LogP contribution in [0.5, 0.6) is 0 Å². The number of hydrogen-bond acceptors (Lipinski definition) is 4. The average Bonchev–Trinajstić information content (AvgIpc) is 3.18. The Labute approximate surface area is 182 Å². The molecule has 158 valence electrons. The number of nitrogens with one attached hydrogen (secondary N) is 2. The first kappa shape index (κ1) is 20.8. The second-order valence-electron chi connectivity index (χ2n) is 7.59. The Bertz CT molecular complexity index is 949. The molecule has 2 aromatic carbocycles. The standard InChI is InChI=1S/C23H28N4O2S/c1-3-26-13-7-8-17(26)15-24-23(29)25-16-11-12-21-19(14-16)27(4-2)22(28)18-9-5-6-10-20(18)30-21/h5-6,9-12,14,17H,3-4,7-8,13,15H2,1-2H3,(H2,24,25,29)/t17-/m0/s1. The zero-order chi connectivity index (χ0) is 21.1. The predicted molar refractivity (Wildman–Crippen MR) is 122 cm³/mol. The Kier molecular flexibility index (Phi) is 6.29. The van der Waals surface area contributed by atoms with Crippen LogP contribution in [-0.2, 0) is 0 Å². The molecule has 7 heteroatoms. The fraction of sp³-hybridized carbons (Fsp3) is 0.391. The number of likely N-dealkylation sites (tertiary alicyclic amines) is 1. The number of nitrogens with zero attached hydrogens (tertiary/aromatic N) is 2. The van der Waals surface area contributed by atoms with Gasteiger partial charge in [-0.25, -0.2) is 4.79 Å². The van der Waals surface area contributed by atoms with Crippen molar-refractivity contribution in [3.63, 3.8) is 0 Å². The van der Waals surface area contributed by atoms with Crippen LogP contribution in [0.2, 0.25) is 0 Å². The molecule has 4 rings (SSSR count). The lowest BCUT2D eigenvalue weighted by Crippen LogP contribution is -2.41. The van der Waals surface area contributed by atoms with Gasteiger partial charge in [-0.05, 0) is 63.2 Å². The summed E-state index contributed by atoms with van der Waals surface area (Å²) >= 11 is 1.59. The number of hydrogen-bond donors (Lipinski definition) is 2. The van der Waals surface area contributed by atoms with Crippen molar-refractivity contribution in [2.45, 2.75) is 42.5 Å². The number of rotatable bonds is 5. The van der Waals surface area contributed by atoms with E-state index < -0.39 is 0 Å². The molecular weight excluding hydrogens is 396 g/mol. The number of benzene rings is 2. The van der Waals surface area contributed by atoms with Gasteiger partial charge in [-0.3, -0.25) is 9.69 Å². The summed E-state index contributed by atoms with van der Waals surface area (Å²) in [5.41, 5.74) is 2.22. The highest BCUT2D eigenvalue weighted by molar-refractivity contribution is 7.99. The first-order chi connectivity index (χ1) is 14.6. The van der Waals surface area contributed by atoms with Gasteiger partial charge in [0.15, 0.2) is 0 Å². The number of amides is 3. The van der Waals surface area contributed by atoms with Crippen LogP contribution in [0.1, 0.15) is 37.0 Å². The van der Waals surface area contributed by atoms with Crippen molar-refractivity contribution in [3.8, 4) is 0 Å². The minimum absolute atomic E-state index is 0.0122. The molecule has 3 amide bonds. The van der Waals surface area contributed by atoms with Gasteiger partial charge in [0.05, 0.1) is 11.3 Å². The molecule has 1 atom stereocenters. The molecule has 0 radical (unpaired) electrons. The first-order valence-corrected chi connectivity index (χ1v) is 11.4. The fourth-order valence-electron chi connectivity index (χ4n) is 4.24. The monoisotopic (exact) mass is 424 g/mol. The van der Waals surface area contributed by atoms with Gasteiger partial charge in [0.1, 0.15) is 0 Å². The summed E-state index contributed by atoms with van der Waals surface area (Å²) in [4.78, 5) is 31.7. The Morgan fingerprint density at radius 3 is 2.77 bits per heavy atom. The second-order valence-corrected chi connectivity index (χ2v) is 8.67. The van der Waals surface area contributed by atoms with Crippen molar-refractivity contribution in [2.24, 2.45) is 0 Å². The van der Waals surface area contributed by atoms with Gasteiger partial charge in [0.25, 0.3) is 5.91 Å². The van der Waals surface area contributed by atoms with Gasteiger partial charge in [0.2, 0.25) is 0 Å². The molecule has 6 nitrogen and oxygen atoms in total. The molecular formula is C23H28N4O2S. The smallest absolute Gasteiger partial charge is 0.319 e. The molecule has 30 heavy (non-hydrogen) atoms. The summed E-state index contributed by atoms with van der Waals surface area (Å²) in [5.74, 6) is -0.0122. The van der Waals surface area contributed by atoms with Gasteiger partial charge in [-0.2, -0.15) is 0 Å². The predicted octanol–water partition coefficient (Wildman–Crippen LogP) is 4.42. The number of carbonyl (C=O) groups is 2. The Morgan fingerprint density at radius 2 is 1.97 bits per heavy atom. The molecule has 0 unspecified atom stereocenters. The molecule has 2 aliphatic heterocycles. The number of urea groups is 1. The van der Waals surface area contributed by atoms with E-state index >= 15 is 0 Å². The summed E-state index contributed by atoms with van der Waals surface area (Å²) in [7, 11) is 0. The lowest BCUT2D eigenvalue weighted by Gasteiger charge is -2.23. The highest BCUT2D eigenvalue weighted by Crippen LogP contribution is 2.42. The summed E-state index contributed by atoms with van der Waals surface area (Å²) in [6.07, 6.45) is 2.31. The van der Waals surface area contributed by atoms with Crippen molar-refractivity contribution in [2.75, 3.05) is 36.4 Å². The molecule has 2 aliphatic rings. The quantitative estimate of drug-likeness (QED) is 0.746. The molecule has 0 aromatic heterocycles. The third-order valence-electron chi connectivity index (χ3n) is 5.81. The Balaban J connectivity index is 1.49. The van der Waals surface area contributed by atoms with Gasteiger partial charge >= 0.3 is 6.03 Å². The zero-order valence-electron chi connectivity index (χ0n) is 17.5. The van der Waals surface area contributed by atoms with Crippen LogP contribution in [-0.4, -0.2) is 49.1 Å². The van der Waals surface area contributed by atoms with Crippen molar-refractivity contribution < 1.29 is 9.59 Å². The first-order valence-electron chi connectivity index (χ1n) is 10.6. The Hall–Kier alpha value is -2.51. The molecule has 2 N–H and O–H groups in total. The van der Waals surface area contributed by atoms with Gasteiger partial charge < -0.3 is 15.5 Å². The summed E-state index contributed by atoms with van der Waals surface area (Å²) < 4.78 is 0. The maximum atomic E-state index is 13.1. The zero-order valence-corrected chi connectivity index (χ0v) is 18.3. The lowest BCUT2D eigenvalue weighted by molar-refractivity contribution is 0.0985. The maximum Gasteiger partial charge on any atom is 0.319 e. The molecule has 0 bridgehead atoms. The van der Waals surface area contributed by atoms with E-state index in [9.17, 15) is 9.59 Å². The lowest BCUT2D eigenvalue weighted by atomic mass is 10.1. The van der Waals surface area contributed by atoms with Crippen molar-refractivity contribution in [3.05, 3.63) is 48.0 Å². The fourth-order valence-corrected chi connectivity index (χ4v) is 5.30. The van der Waals surface area contributed by atoms with E-state index in [0.717, 1.165) is 35.0 Å². The molecule has 0 saturated carbocycles. The number of anilines is 2. The molecule has 1 saturated heterocycles. The maximum absolute atomic E-state index is 13.1. The van der Waals surface area contributed by atoms with Crippen LogP contribution in [0.4, 0.5) is 16.2 Å². The van der Waals surface area contributed by atoms with Gasteiger partial charge in [-0.15, -0.1) is 0 Å². The molecule has 0 aliphatic carbocycles. The Morgan fingerprint density at radius 1 is 1.13 bits per heavy atom. The summed E-state index contributed by atoms with van der Waals surface area (Å²) in [6, 6.07) is 13.6. The van der Waals surface area contributed by atoms with Crippen LogP contribution < -0.4 is 15.5 Å². The van der Waals surface area contributed by atoms with E-state index in [1.165, 1.54) is 6.42 Å². The minimum Gasteiger partial charge on any atom is -0.336 e. The highest BCUT2D eigenvalue weighted by atomic mass is 32.2. The van der Waals surface area contributed by atoms with E-state index in [-0.39, 0.29) is 11.9 Å². The number of likely N-dealkylation sites (N-methyl/N-ethyl adjacent to an activating group) is 1. The topological polar surface area (TPSA) is 64.7 Å². The molecule has 1 fully saturated rings. The second kappa shape index (κ2) is 9.10. The van der Waals surface area contributed by atoms with E-state index in [2.05, 4.69) is 22.5 Å². The molecule has 2 heterocycles. The normalized spacial score (nSPS) is 18.5. The molecule has 0 spiro atoms. The van der Waals surface area contributed by atoms with Crippen molar-refractivity contribution in [1.82, 2.24) is 10.2 Å². The SMILES string of the molecule is CCN1C(=O)c2ccccc2Sc2ccc(NC(=O)NC[C@@H]3CCCN3CC)cc21. The van der Waals surface area contributed by atoms with Crippen molar-refractivity contribution in [1.29, 1.82) is 0 Å². The summed E-state index contributed by atoms with van der Waals surface area (Å²) in [6.45, 7) is 7.45. The number of carbonyl (C=O) groups excluding carboxylic acids is 2. The van der Waals surface area contributed by atoms with Crippen LogP contribution in [0, 0.1) is 0 Å². The third-order valence-corrected chi connectivity index (χ3v) is 6.95. The van der Waals surface area contributed by atoms with Gasteiger partial charge in [-0.1, -0.05) is 30.8 Å². The van der Waals surface area contributed by atoms with Crippen LogP contribution >= 0.6 is 11.8 Å². The third kappa shape index (κ3) is 4.18. The largest absolute Gasteiger partial charge is 0.336 e. The highest BCUT2D eigenvalue weighted by Gasteiger charge is 2.27.